The maximum absolute atomic E-state index is 12.8. The summed E-state index contributed by atoms with van der Waals surface area (Å²) >= 11 is 0. The van der Waals surface area contributed by atoms with Crippen LogP contribution in [0, 0.1) is 17.8 Å². The van der Waals surface area contributed by atoms with E-state index >= 15 is 0 Å². The smallest absolute Gasteiger partial charge is 0.266 e. The number of carbonyl (C=O) groups is 5. The minimum absolute atomic E-state index is 0.00352. The molecule has 0 spiro atoms. The Bertz CT molecular complexity index is 1510. The number of amides is 5. The van der Waals surface area contributed by atoms with E-state index in [2.05, 4.69) is 31.5 Å². The van der Waals surface area contributed by atoms with E-state index in [1.807, 2.05) is 6.92 Å². The van der Waals surface area contributed by atoms with Crippen LogP contribution in [0.4, 0.5) is 0 Å². The Balaban J connectivity index is 0.977. The molecule has 1 aromatic rings. The molecule has 1 aromatic heterocycles. The molecule has 364 valence electrons. The lowest BCUT2D eigenvalue weighted by Gasteiger charge is -2.30. The predicted octanol–water partition coefficient (Wildman–Crippen LogP) is 0.263. The monoisotopic (exact) mass is 913 g/mol. The van der Waals surface area contributed by atoms with Gasteiger partial charge in [-0.25, -0.2) is 10.1 Å². The molecule has 1 aliphatic carbocycles. The number of hydrogen-bond acceptors (Lipinski definition) is 17. The summed E-state index contributed by atoms with van der Waals surface area (Å²) < 4.78 is 50.8. The van der Waals surface area contributed by atoms with Crippen LogP contribution in [-0.4, -0.2) is 187 Å². The van der Waals surface area contributed by atoms with E-state index in [9.17, 15) is 24.0 Å². The minimum Gasteiger partial charge on any atom is -0.377 e. The molecule has 2 heterocycles. The second-order valence-electron chi connectivity index (χ2n) is 15.3. The van der Waals surface area contributed by atoms with Gasteiger partial charge in [0.2, 0.25) is 23.6 Å². The molecule has 1 atom stereocenters. The summed E-state index contributed by atoms with van der Waals surface area (Å²) in [6, 6.07) is 0. The zero-order valence-corrected chi connectivity index (χ0v) is 38.1. The van der Waals surface area contributed by atoms with E-state index in [0.717, 1.165) is 37.8 Å². The number of ether oxygens (including phenoxy) is 9. The first-order chi connectivity index (χ1) is 31.2. The van der Waals surface area contributed by atoms with Crippen molar-refractivity contribution in [1.29, 1.82) is 0 Å². The van der Waals surface area contributed by atoms with Crippen molar-refractivity contribution >= 4 is 35.2 Å². The number of rotatable bonds is 38. The molecule has 22 nitrogen and oxygen atoms in total. The van der Waals surface area contributed by atoms with Gasteiger partial charge in [0.05, 0.1) is 125 Å². The van der Waals surface area contributed by atoms with Crippen molar-refractivity contribution < 1.29 is 66.6 Å². The lowest BCUT2D eigenvalue weighted by Crippen LogP contribution is -2.38. The summed E-state index contributed by atoms with van der Waals surface area (Å²) in [4.78, 5) is 61.8. The quantitative estimate of drug-likeness (QED) is 0.0349. The Morgan fingerprint density at radius 2 is 1.22 bits per heavy atom. The second kappa shape index (κ2) is 34.4. The van der Waals surface area contributed by atoms with Crippen molar-refractivity contribution in [2.75, 3.05) is 132 Å². The first-order valence-electron chi connectivity index (χ1n) is 22.5. The van der Waals surface area contributed by atoms with E-state index in [0.29, 0.717) is 144 Å². The molecule has 22 heteroatoms. The van der Waals surface area contributed by atoms with Crippen LogP contribution >= 0.6 is 0 Å². The molecule has 1 aliphatic heterocycles. The van der Waals surface area contributed by atoms with E-state index < -0.39 is 5.91 Å². The highest BCUT2D eigenvalue weighted by Crippen LogP contribution is 2.31. The summed E-state index contributed by atoms with van der Waals surface area (Å²) in [6.07, 6.45) is 5.94. The average molecular weight is 913 g/mol. The Morgan fingerprint density at radius 3 is 1.73 bits per heavy atom. The number of nitrogens with one attached hydrogen (secondary N) is 3. The third-order valence-electron chi connectivity index (χ3n) is 10.1. The number of hydrogen-bond donors (Lipinski definition) is 3. The zero-order valence-electron chi connectivity index (χ0n) is 38.1. The lowest BCUT2D eigenvalue weighted by molar-refractivity contribution is -0.140. The molecule has 1 saturated heterocycles. The fourth-order valence-corrected chi connectivity index (χ4v) is 6.38. The van der Waals surface area contributed by atoms with Gasteiger partial charge in [0, 0.05) is 37.1 Å². The maximum atomic E-state index is 12.8. The third-order valence-corrected chi connectivity index (χ3v) is 10.1. The van der Waals surface area contributed by atoms with Gasteiger partial charge in [0.15, 0.2) is 0 Å². The average Bonchev–Trinajstić information content (AvgIpc) is 3.85. The minimum atomic E-state index is -0.419. The van der Waals surface area contributed by atoms with Crippen molar-refractivity contribution in [3.05, 3.63) is 11.9 Å². The van der Waals surface area contributed by atoms with Gasteiger partial charge in [0.1, 0.15) is 18.9 Å². The van der Waals surface area contributed by atoms with Crippen LogP contribution in [0.5, 0.6) is 0 Å². The molecular weight excluding hydrogens is 841 g/mol. The Kier molecular flexibility index (Phi) is 29.2. The van der Waals surface area contributed by atoms with E-state index in [1.54, 1.807) is 24.7 Å². The summed E-state index contributed by atoms with van der Waals surface area (Å²) in [5.41, 5.74) is 3.82. The highest BCUT2D eigenvalue weighted by molar-refractivity contribution is 6.03. The fraction of sp³-hybridized carbons (Fsp3) is 0.810. The number of aromatic nitrogens is 3. The van der Waals surface area contributed by atoms with Gasteiger partial charge in [-0.15, -0.1) is 5.10 Å². The van der Waals surface area contributed by atoms with Gasteiger partial charge < -0.3 is 53.3 Å². The SMILES string of the molecule is CC/C(C)=N/NC(=O)COCC(=O)NCCOCCOCCOCCOCCOCCOCCOCCOCCn1cc(CNC(=O)C2CCC(CN3C(=O)CC(C)C3=O)CC2)nn1. The molecule has 0 bridgehead atoms. The van der Waals surface area contributed by atoms with E-state index in [4.69, 9.17) is 42.6 Å². The highest BCUT2D eigenvalue weighted by atomic mass is 16.6. The van der Waals surface area contributed by atoms with Gasteiger partial charge in [-0.1, -0.05) is 19.1 Å². The van der Waals surface area contributed by atoms with Crippen LogP contribution in [-0.2, 0) is 79.7 Å². The summed E-state index contributed by atoms with van der Waals surface area (Å²) in [5.74, 6) is -0.973. The molecule has 64 heavy (non-hydrogen) atoms. The normalized spacial score (nSPS) is 17.9. The fourth-order valence-electron chi connectivity index (χ4n) is 6.38. The number of carbonyl (C=O) groups excluding carboxylic acids is 5. The van der Waals surface area contributed by atoms with Gasteiger partial charge in [-0.3, -0.25) is 28.9 Å². The largest absolute Gasteiger partial charge is 0.377 e. The van der Waals surface area contributed by atoms with Crippen molar-refractivity contribution in [2.45, 2.75) is 72.4 Å². The topological polar surface area (TPSA) is 251 Å². The first kappa shape index (κ1) is 54.3. The van der Waals surface area contributed by atoms with Crippen LogP contribution in [0.3, 0.4) is 0 Å². The van der Waals surface area contributed by atoms with Crippen molar-refractivity contribution in [1.82, 2.24) is 36.0 Å². The maximum Gasteiger partial charge on any atom is 0.266 e. The number of imide groups is 1. The van der Waals surface area contributed by atoms with Gasteiger partial charge in [-0.05, 0) is 44.9 Å². The molecular formula is C42H72N8O14. The lowest BCUT2D eigenvalue weighted by atomic mass is 9.81. The van der Waals surface area contributed by atoms with Gasteiger partial charge in [0.25, 0.3) is 5.91 Å². The van der Waals surface area contributed by atoms with Crippen LogP contribution in [0.25, 0.3) is 0 Å². The Labute approximate surface area is 376 Å². The van der Waals surface area contributed by atoms with Gasteiger partial charge in [-0.2, -0.15) is 5.10 Å². The van der Waals surface area contributed by atoms with Crippen LogP contribution in [0.15, 0.2) is 11.3 Å². The number of likely N-dealkylation sites (tertiary alicyclic amines) is 1. The predicted molar refractivity (Wildman–Crippen MR) is 230 cm³/mol. The molecule has 3 rings (SSSR count). The molecule has 2 aliphatic rings. The standard InChI is InChI=1S/C42H72N8O14/c1-4-34(3)45-47-39(52)32-64-31-38(51)43-9-11-56-13-15-58-17-19-60-21-23-62-25-26-63-24-22-61-20-18-59-16-14-57-12-10-49-30-37(46-48-49)28-44-41(54)36-7-5-35(6-8-36)29-50-40(53)27-33(2)42(50)55/h30,33,35-36H,4-29,31-32H2,1-3H3,(H,43,51)(H,44,54)(H,47,52)/b45-34+. The van der Waals surface area contributed by atoms with E-state index in [1.165, 1.54) is 4.90 Å². The second-order valence-corrected chi connectivity index (χ2v) is 15.3. The molecule has 0 radical (unpaired) electrons. The first-order valence-corrected chi connectivity index (χ1v) is 22.5. The summed E-state index contributed by atoms with van der Waals surface area (Å²) in [5, 5.41) is 17.7. The molecule has 2 fully saturated rings. The summed E-state index contributed by atoms with van der Waals surface area (Å²) in [7, 11) is 0. The van der Waals surface area contributed by atoms with Crippen LogP contribution in [0.1, 0.15) is 65.0 Å². The summed E-state index contributed by atoms with van der Waals surface area (Å²) in [6.45, 7) is 13.5. The molecule has 1 unspecified atom stereocenters. The molecule has 5 amide bonds. The molecule has 3 N–H and O–H groups in total. The third kappa shape index (κ3) is 24.9. The Hall–Kier alpha value is -4.00. The van der Waals surface area contributed by atoms with Crippen LogP contribution in [0.2, 0.25) is 0 Å². The number of hydrazone groups is 1. The van der Waals surface area contributed by atoms with Crippen LogP contribution < -0.4 is 16.1 Å². The van der Waals surface area contributed by atoms with Crippen molar-refractivity contribution in [3.63, 3.8) is 0 Å². The Morgan fingerprint density at radius 1 is 0.703 bits per heavy atom. The van der Waals surface area contributed by atoms with Crippen molar-refractivity contribution in [2.24, 2.45) is 22.9 Å². The van der Waals surface area contributed by atoms with Gasteiger partial charge >= 0.3 is 0 Å². The zero-order chi connectivity index (χ0) is 46.0. The number of nitrogens with zero attached hydrogens (tertiary/aromatic N) is 5. The molecule has 0 aromatic carbocycles. The van der Waals surface area contributed by atoms with E-state index in [-0.39, 0.29) is 54.6 Å². The molecule has 1 saturated carbocycles. The van der Waals surface area contributed by atoms with Crippen molar-refractivity contribution in [3.8, 4) is 0 Å². The highest BCUT2D eigenvalue weighted by Gasteiger charge is 2.37.